The Labute approximate surface area is 168 Å². The topological polar surface area (TPSA) is 26.3 Å². The highest BCUT2D eigenvalue weighted by molar-refractivity contribution is 5.69. The van der Waals surface area contributed by atoms with Crippen LogP contribution in [0.4, 0.5) is 0 Å². The molecule has 0 saturated heterocycles. The Morgan fingerprint density at radius 2 is 1.39 bits per heavy atom. The number of hydrogen-bond donors (Lipinski definition) is 0. The molecule has 2 nitrogen and oxygen atoms in total. The number of carbonyl (C=O) groups excluding carboxylic acids is 1. The summed E-state index contributed by atoms with van der Waals surface area (Å²) >= 11 is 0. The lowest BCUT2D eigenvalue weighted by Gasteiger charge is -2.16. The second-order valence-electron chi connectivity index (χ2n) is 7.17. The van der Waals surface area contributed by atoms with E-state index in [1.165, 1.54) is 22.3 Å². The summed E-state index contributed by atoms with van der Waals surface area (Å²) in [5.41, 5.74) is 5.05. The molecule has 0 aliphatic carbocycles. The van der Waals surface area contributed by atoms with E-state index >= 15 is 0 Å². The monoisotopic (exact) mass is 372 g/mol. The molecule has 0 radical (unpaired) electrons. The van der Waals surface area contributed by atoms with Gasteiger partial charge in [0.15, 0.2) is 0 Å². The van der Waals surface area contributed by atoms with Crippen LogP contribution in [0.2, 0.25) is 0 Å². The SMILES string of the molecule is CCOC(=O)CC(CCc1ccc(-c2ccccc2)cc1)Cc1ccccc1. The molecule has 1 atom stereocenters. The molecule has 1 unspecified atom stereocenters. The zero-order valence-electron chi connectivity index (χ0n) is 16.5. The van der Waals surface area contributed by atoms with Crippen molar-refractivity contribution >= 4 is 5.97 Å². The predicted octanol–water partition coefficient (Wildman–Crippen LogP) is 6.10. The molecule has 3 rings (SSSR count). The Hall–Kier alpha value is -2.87. The van der Waals surface area contributed by atoms with Crippen LogP contribution in [0.15, 0.2) is 84.9 Å². The van der Waals surface area contributed by atoms with E-state index in [1.807, 2.05) is 19.1 Å². The van der Waals surface area contributed by atoms with E-state index in [9.17, 15) is 4.79 Å². The molecular weight excluding hydrogens is 344 g/mol. The summed E-state index contributed by atoms with van der Waals surface area (Å²) < 4.78 is 5.19. The normalized spacial score (nSPS) is 11.8. The van der Waals surface area contributed by atoms with Gasteiger partial charge in [-0.05, 0) is 54.4 Å². The van der Waals surface area contributed by atoms with Gasteiger partial charge in [-0.1, -0.05) is 84.9 Å². The van der Waals surface area contributed by atoms with E-state index in [4.69, 9.17) is 4.74 Å². The smallest absolute Gasteiger partial charge is 0.306 e. The first-order valence-electron chi connectivity index (χ1n) is 10.1. The number of aryl methyl sites for hydroxylation is 1. The van der Waals surface area contributed by atoms with Gasteiger partial charge >= 0.3 is 5.97 Å². The first kappa shape index (κ1) is 19.9. The van der Waals surface area contributed by atoms with Crippen molar-refractivity contribution in [2.24, 2.45) is 5.92 Å². The maximum absolute atomic E-state index is 12.0. The first-order valence-corrected chi connectivity index (χ1v) is 10.1. The van der Waals surface area contributed by atoms with Gasteiger partial charge in [0.05, 0.1) is 6.61 Å². The highest BCUT2D eigenvalue weighted by Crippen LogP contribution is 2.22. The van der Waals surface area contributed by atoms with Gasteiger partial charge in [-0.25, -0.2) is 0 Å². The van der Waals surface area contributed by atoms with Crippen LogP contribution >= 0.6 is 0 Å². The zero-order chi connectivity index (χ0) is 19.6. The van der Waals surface area contributed by atoms with E-state index in [-0.39, 0.29) is 11.9 Å². The molecule has 2 heteroatoms. The highest BCUT2D eigenvalue weighted by Gasteiger charge is 2.16. The fraction of sp³-hybridized carbons (Fsp3) is 0.269. The third-order valence-electron chi connectivity index (χ3n) is 5.03. The van der Waals surface area contributed by atoms with Crippen LogP contribution in [-0.2, 0) is 22.4 Å². The molecule has 0 spiro atoms. The standard InChI is InChI=1S/C26H28O2/c1-2-28-26(27)20-23(19-22-9-5-3-6-10-22)14-13-21-15-17-25(18-16-21)24-11-7-4-8-12-24/h3-12,15-18,23H,2,13-14,19-20H2,1H3. The molecule has 0 heterocycles. The molecule has 28 heavy (non-hydrogen) atoms. The fourth-order valence-electron chi connectivity index (χ4n) is 3.54. The van der Waals surface area contributed by atoms with Gasteiger partial charge in [0.25, 0.3) is 0 Å². The van der Waals surface area contributed by atoms with Crippen molar-refractivity contribution in [3.05, 3.63) is 96.1 Å². The Morgan fingerprint density at radius 3 is 2.04 bits per heavy atom. The molecule has 0 amide bonds. The van der Waals surface area contributed by atoms with Crippen LogP contribution in [0, 0.1) is 5.92 Å². The van der Waals surface area contributed by atoms with E-state index in [0.717, 1.165) is 19.3 Å². The molecule has 0 aliphatic heterocycles. The van der Waals surface area contributed by atoms with Crippen LogP contribution < -0.4 is 0 Å². The van der Waals surface area contributed by atoms with Crippen molar-refractivity contribution in [1.82, 2.24) is 0 Å². The lowest BCUT2D eigenvalue weighted by molar-refractivity contribution is -0.144. The maximum Gasteiger partial charge on any atom is 0.306 e. The second kappa shape index (κ2) is 10.5. The lowest BCUT2D eigenvalue weighted by atomic mass is 9.90. The summed E-state index contributed by atoms with van der Waals surface area (Å²) in [6.07, 6.45) is 3.32. The Kier molecular flexibility index (Phi) is 7.43. The molecule has 3 aromatic carbocycles. The minimum Gasteiger partial charge on any atom is -0.466 e. The van der Waals surface area contributed by atoms with E-state index in [1.54, 1.807) is 0 Å². The van der Waals surface area contributed by atoms with E-state index in [0.29, 0.717) is 13.0 Å². The van der Waals surface area contributed by atoms with E-state index < -0.39 is 0 Å². The van der Waals surface area contributed by atoms with Crippen LogP contribution in [0.3, 0.4) is 0 Å². The molecule has 0 N–H and O–H groups in total. The van der Waals surface area contributed by atoms with Gasteiger partial charge in [-0.2, -0.15) is 0 Å². The Morgan fingerprint density at radius 1 is 0.786 bits per heavy atom. The largest absolute Gasteiger partial charge is 0.466 e. The average Bonchev–Trinajstić information content (AvgIpc) is 2.74. The van der Waals surface area contributed by atoms with Crippen molar-refractivity contribution in [2.75, 3.05) is 6.61 Å². The van der Waals surface area contributed by atoms with Crippen LogP contribution in [0.5, 0.6) is 0 Å². The molecular formula is C26H28O2. The van der Waals surface area contributed by atoms with Crippen LogP contribution in [0.25, 0.3) is 11.1 Å². The minimum absolute atomic E-state index is 0.0946. The predicted molar refractivity (Wildman–Crippen MR) is 115 cm³/mol. The van der Waals surface area contributed by atoms with E-state index in [2.05, 4.69) is 72.8 Å². The van der Waals surface area contributed by atoms with Crippen molar-refractivity contribution in [3.63, 3.8) is 0 Å². The third kappa shape index (κ3) is 6.09. The summed E-state index contributed by atoms with van der Waals surface area (Å²) in [5, 5.41) is 0. The highest BCUT2D eigenvalue weighted by atomic mass is 16.5. The van der Waals surface area contributed by atoms with Gasteiger partial charge in [-0.15, -0.1) is 0 Å². The summed E-state index contributed by atoms with van der Waals surface area (Å²) in [6, 6.07) is 29.6. The van der Waals surface area contributed by atoms with Gasteiger partial charge in [-0.3, -0.25) is 4.79 Å². The van der Waals surface area contributed by atoms with Gasteiger partial charge in [0.2, 0.25) is 0 Å². The molecule has 0 aliphatic rings. The number of benzene rings is 3. The Balaban J connectivity index is 1.62. The minimum atomic E-state index is -0.0946. The van der Waals surface area contributed by atoms with Crippen molar-refractivity contribution in [2.45, 2.75) is 32.6 Å². The Bertz CT molecular complexity index is 839. The number of rotatable bonds is 9. The number of esters is 1. The zero-order valence-corrected chi connectivity index (χ0v) is 16.5. The van der Waals surface area contributed by atoms with Gasteiger partial charge in [0.1, 0.15) is 0 Å². The van der Waals surface area contributed by atoms with Crippen LogP contribution in [-0.4, -0.2) is 12.6 Å². The molecule has 144 valence electrons. The second-order valence-corrected chi connectivity index (χ2v) is 7.17. The molecule has 0 bridgehead atoms. The van der Waals surface area contributed by atoms with Crippen LogP contribution in [0.1, 0.15) is 30.9 Å². The molecule has 0 fully saturated rings. The quantitative estimate of drug-likeness (QED) is 0.424. The van der Waals surface area contributed by atoms with Gasteiger partial charge in [0, 0.05) is 6.42 Å². The van der Waals surface area contributed by atoms with Gasteiger partial charge < -0.3 is 4.74 Å². The third-order valence-corrected chi connectivity index (χ3v) is 5.03. The maximum atomic E-state index is 12.0. The van der Waals surface area contributed by atoms with Crippen molar-refractivity contribution in [1.29, 1.82) is 0 Å². The number of ether oxygens (including phenoxy) is 1. The molecule has 0 saturated carbocycles. The summed E-state index contributed by atoms with van der Waals surface area (Å²) in [7, 11) is 0. The lowest BCUT2D eigenvalue weighted by Crippen LogP contribution is -2.14. The first-order chi connectivity index (χ1) is 13.7. The fourth-order valence-corrected chi connectivity index (χ4v) is 3.54. The number of hydrogen-bond acceptors (Lipinski definition) is 2. The van der Waals surface area contributed by atoms with Crippen molar-refractivity contribution in [3.8, 4) is 11.1 Å². The summed E-state index contributed by atoms with van der Waals surface area (Å²) in [4.78, 5) is 12.0. The molecule has 3 aromatic rings. The average molecular weight is 373 g/mol. The summed E-state index contributed by atoms with van der Waals surface area (Å²) in [6.45, 7) is 2.30. The molecule has 0 aromatic heterocycles. The van der Waals surface area contributed by atoms with Crippen molar-refractivity contribution < 1.29 is 9.53 Å². The summed E-state index contributed by atoms with van der Waals surface area (Å²) in [5.74, 6) is 0.193. The number of carbonyl (C=O) groups is 1.